The summed E-state index contributed by atoms with van der Waals surface area (Å²) in [7, 11) is 0. The first-order chi connectivity index (χ1) is 10.5. The number of nitrogens with zero attached hydrogens (tertiary/aromatic N) is 2. The van der Waals surface area contributed by atoms with Crippen LogP contribution in [-0.4, -0.2) is 16.3 Å². The Labute approximate surface area is 132 Å². The molecule has 1 aromatic heterocycles. The van der Waals surface area contributed by atoms with Gasteiger partial charge in [0.2, 0.25) is 0 Å². The first-order valence-corrected chi connectivity index (χ1v) is 8.40. The molecule has 3 heteroatoms. The van der Waals surface area contributed by atoms with Crippen molar-refractivity contribution in [3.8, 4) is 0 Å². The second-order valence-corrected chi connectivity index (χ2v) is 7.73. The smallest absolute Gasteiger partial charge is 0.0778 e. The van der Waals surface area contributed by atoms with Gasteiger partial charge in [0, 0.05) is 36.2 Å². The quantitative estimate of drug-likeness (QED) is 0.920. The van der Waals surface area contributed by atoms with Gasteiger partial charge in [-0.2, -0.15) is 5.10 Å². The first kappa shape index (κ1) is 14.0. The zero-order chi connectivity index (χ0) is 15.4. The van der Waals surface area contributed by atoms with E-state index in [9.17, 15) is 0 Å². The Hall–Kier alpha value is -1.61. The number of rotatable bonds is 2. The van der Waals surface area contributed by atoms with Crippen LogP contribution in [0.15, 0.2) is 30.3 Å². The van der Waals surface area contributed by atoms with Crippen LogP contribution in [0.25, 0.3) is 0 Å². The normalized spacial score (nSPS) is 19.8. The van der Waals surface area contributed by atoms with Gasteiger partial charge in [-0.05, 0) is 39.2 Å². The second-order valence-electron chi connectivity index (χ2n) is 7.73. The Morgan fingerprint density at radius 1 is 1.14 bits per heavy atom. The SMILES string of the molecule is CC(C)(C)n1nc(C2(c3ccccc3)CC2)c2c1CCNC2. The minimum Gasteiger partial charge on any atom is -0.312 e. The average Bonchev–Trinajstić information content (AvgIpc) is 3.21. The van der Waals surface area contributed by atoms with Crippen molar-refractivity contribution in [2.75, 3.05) is 6.54 Å². The fourth-order valence-corrected chi connectivity index (χ4v) is 3.83. The van der Waals surface area contributed by atoms with Gasteiger partial charge in [-0.1, -0.05) is 30.3 Å². The molecule has 0 unspecified atom stereocenters. The summed E-state index contributed by atoms with van der Waals surface area (Å²) in [4.78, 5) is 0. The van der Waals surface area contributed by atoms with E-state index in [-0.39, 0.29) is 11.0 Å². The molecule has 22 heavy (non-hydrogen) atoms. The molecule has 0 bridgehead atoms. The van der Waals surface area contributed by atoms with Crippen molar-refractivity contribution < 1.29 is 0 Å². The van der Waals surface area contributed by atoms with Gasteiger partial charge >= 0.3 is 0 Å². The molecule has 0 amide bonds. The van der Waals surface area contributed by atoms with Crippen molar-refractivity contribution in [2.24, 2.45) is 0 Å². The highest BCUT2D eigenvalue weighted by molar-refractivity contribution is 5.47. The molecule has 0 saturated heterocycles. The summed E-state index contributed by atoms with van der Waals surface area (Å²) in [5.74, 6) is 0. The molecule has 3 nitrogen and oxygen atoms in total. The number of nitrogens with one attached hydrogen (secondary N) is 1. The molecule has 116 valence electrons. The second kappa shape index (κ2) is 4.69. The molecule has 1 fully saturated rings. The zero-order valence-corrected chi connectivity index (χ0v) is 13.8. The molecular formula is C19H25N3. The monoisotopic (exact) mass is 295 g/mol. The topological polar surface area (TPSA) is 29.9 Å². The Kier molecular flexibility index (Phi) is 2.99. The van der Waals surface area contributed by atoms with Gasteiger partial charge in [-0.25, -0.2) is 0 Å². The van der Waals surface area contributed by atoms with Gasteiger partial charge in [0.25, 0.3) is 0 Å². The summed E-state index contributed by atoms with van der Waals surface area (Å²) >= 11 is 0. The minimum absolute atomic E-state index is 0.0481. The lowest BCUT2D eigenvalue weighted by Crippen LogP contribution is -2.30. The summed E-state index contributed by atoms with van der Waals surface area (Å²) < 4.78 is 2.29. The Morgan fingerprint density at radius 3 is 2.50 bits per heavy atom. The van der Waals surface area contributed by atoms with Gasteiger partial charge in [0.1, 0.15) is 0 Å². The van der Waals surface area contributed by atoms with Crippen LogP contribution >= 0.6 is 0 Å². The molecule has 1 aliphatic heterocycles. The molecule has 2 heterocycles. The zero-order valence-electron chi connectivity index (χ0n) is 13.8. The van der Waals surface area contributed by atoms with Crippen molar-refractivity contribution in [2.45, 2.75) is 57.5 Å². The van der Waals surface area contributed by atoms with Gasteiger partial charge in [0.05, 0.1) is 11.2 Å². The molecule has 0 spiro atoms. The van der Waals surface area contributed by atoms with Crippen LogP contribution in [0, 0.1) is 0 Å². The highest BCUT2D eigenvalue weighted by atomic mass is 15.3. The van der Waals surface area contributed by atoms with Crippen LogP contribution < -0.4 is 5.32 Å². The fourth-order valence-electron chi connectivity index (χ4n) is 3.83. The maximum Gasteiger partial charge on any atom is 0.0778 e. The van der Waals surface area contributed by atoms with Crippen LogP contribution in [0.5, 0.6) is 0 Å². The molecule has 1 N–H and O–H groups in total. The van der Waals surface area contributed by atoms with Crippen molar-refractivity contribution >= 4 is 0 Å². The lowest BCUT2D eigenvalue weighted by molar-refractivity contribution is 0.337. The lowest BCUT2D eigenvalue weighted by Gasteiger charge is -2.24. The highest BCUT2D eigenvalue weighted by Crippen LogP contribution is 2.54. The van der Waals surface area contributed by atoms with Crippen molar-refractivity contribution in [1.82, 2.24) is 15.1 Å². The van der Waals surface area contributed by atoms with E-state index in [4.69, 9.17) is 5.10 Å². The molecule has 1 saturated carbocycles. The van der Waals surface area contributed by atoms with E-state index in [1.807, 2.05) is 0 Å². The summed E-state index contributed by atoms with van der Waals surface area (Å²) in [6.45, 7) is 8.80. The van der Waals surface area contributed by atoms with E-state index in [2.05, 4.69) is 61.1 Å². The molecular weight excluding hydrogens is 270 g/mol. The van der Waals surface area contributed by atoms with Crippen LogP contribution in [-0.2, 0) is 23.9 Å². The van der Waals surface area contributed by atoms with Gasteiger partial charge in [-0.3, -0.25) is 4.68 Å². The van der Waals surface area contributed by atoms with Gasteiger partial charge in [-0.15, -0.1) is 0 Å². The Balaban J connectivity index is 1.88. The number of hydrogen-bond donors (Lipinski definition) is 1. The number of benzene rings is 1. The summed E-state index contributed by atoms with van der Waals surface area (Å²) in [5.41, 5.74) is 5.89. The Bertz CT molecular complexity index is 687. The van der Waals surface area contributed by atoms with Crippen molar-refractivity contribution in [3.05, 3.63) is 52.8 Å². The molecule has 0 radical (unpaired) electrons. The van der Waals surface area contributed by atoms with Crippen LogP contribution in [0.1, 0.15) is 56.1 Å². The third-order valence-corrected chi connectivity index (χ3v) is 5.10. The summed E-state index contributed by atoms with van der Waals surface area (Å²) in [6.07, 6.45) is 3.54. The minimum atomic E-state index is 0.0481. The van der Waals surface area contributed by atoms with Crippen LogP contribution in [0.2, 0.25) is 0 Å². The summed E-state index contributed by atoms with van der Waals surface area (Å²) in [6, 6.07) is 10.9. The van der Waals surface area contributed by atoms with Gasteiger partial charge < -0.3 is 5.32 Å². The lowest BCUT2D eigenvalue weighted by atomic mass is 9.88. The predicted molar refractivity (Wildman–Crippen MR) is 89.1 cm³/mol. The van der Waals surface area contributed by atoms with Crippen molar-refractivity contribution in [1.29, 1.82) is 0 Å². The maximum atomic E-state index is 5.15. The largest absolute Gasteiger partial charge is 0.312 e. The standard InChI is InChI=1S/C19H25N3/c1-18(2,3)22-16-9-12-20-13-15(16)17(21-22)19(10-11-19)14-7-5-4-6-8-14/h4-8,20H,9-13H2,1-3H3. The fraction of sp³-hybridized carbons (Fsp3) is 0.526. The van der Waals surface area contributed by atoms with E-state index in [0.29, 0.717) is 0 Å². The van der Waals surface area contributed by atoms with E-state index in [1.165, 1.54) is 35.4 Å². The number of aromatic nitrogens is 2. The molecule has 1 aliphatic carbocycles. The number of fused-ring (bicyclic) bond motifs is 1. The van der Waals surface area contributed by atoms with E-state index >= 15 is 0 Å². The van der Waals surface area contributed by atoms with Gasteiger partial charge in [0.15, 0.2) is 0 Å². The number of hydrogen-bond acceptors (Lipinski definition) is 2. The Morgan fingerprint density at radius 2 is 1.86 bits per heavy atom. The molecule has 4 rings (SSSR count). The van der Waals surface area contributed by atoms with E-state index in [1.54, 1.807) is 0 Å². The van der Waals surface area contributed by atoms with Crippen LogP contribution in [0.3, 0.4) is 0 Å². The van der Waals surface area contributed by atoms with E-state index in [0.717, 1.165) is 19.5 Å². The van der Waals surface area contributed by atoms with E-state index < -0.39 is 0 Å². The average molecular weight is 295 g/mol. The maximum absolute atomic E-state index is 5.15. The summed E-state index contributed by atoms with van der Waals surface area (Å²) in [5, 5.41) is 8.69. The third-order valence-electron chi connectivity index (χ3n) is 5.10. The highest BCUT2D eigenvalue weighted by Gasteiger charge is 2.50. The molecule has 2 aromatic rings. The van der Waals surface area contributed by atoms with Crippen molar-refractivity contribution in [3.63, 3.8) is 0 Å². The molecule has 2 aliphatic rings. The van der Waals surface area contributed by atoms with Crippen LogP contribution in [0.4, 0.5) is 0 Å². The molecule has 0 atom stereocenters. The third kappa shape index (κ3) is 2.03. The molecule has 1 aromatic carbocycles. The predicted octanol–water partition coefficient (Wildman–Crippen LogP) is 3.36. The first-order valence-electron chi connectivity index (χ1n) is 8.40.